The maximum Gasteiger partial charge on any atom is 0.292 e. The SMILES string of the molecule is Cc1nc([C@H](C)O)oc1C(=O)N1CCc2[nH]cnc2[C@@H]1c1oc2ccccc2c1C1CC1. The number of aryl methyl sites for hydroxylation is 1. The lowest BCUT2D eigenvalue weighted by atomic mass is 9.95. The van der Waals surface area contributed by atoms with E-state index < -0.39 is 12.1 Å². The lowest BCUT2D eigenvalue weighted by Crippen LogP contribution is -2.41. The minimum Gasteiger partial charge on any atom is -0.458 e. The molecule has 0 saturated heterocycles. The fraction of sp³-hybridized carbons (Fsp3) is 0.375. The van der Waals surface area contributed by atoms with E-state index in [-0.39, 0.29) is 17.6 Å². The van der Waals surface area contributed by atoms with Gasteiger partial charge in [-0.3, -0.25) is 4.79 Å². The van der Waals surface area contributed by atoms with Crippen LogP contribution in [0, 0.1) is 6.92 Å². The number of aromatic nitrogens is 3. The van der Waals surface area contributed by atoms with Crippen molar-refractivity contribution >= 4 is 16.9 Å². The second-order valence-electron chi connectivity index (χ2n) is 8.71. The number of para-hydroxylation sites is 1. The van der Waals surface area contributed by atoms with E-state index in [4.69, 9.17) is 8.83 Å². The average molecular weight is 432 g/mol. The Balaban J connectivity index is 1.51. The number of benzene rings is 1. The Labute approximate surface area is 184 Å². The van der Waals surface area contributed by atoms with Crippen LogP contribution in [-0.2, 0) is 6.42 Å². The molecule has 8 nitrogen and oxygen atoms in total. The van der Waals surface area contributed by atoms with Crippen molar-refractivity contribution in [3.05, 3.63) is 70.6 Å². The normalized spacial score (nSPS) is 19.3. The number of aromatic amines is 1. The maximum absolute atomic E-state index is 13.7. The Hall–Kier alpha value is -3.39. The Bertz CT molecular complexity index is 1330. The summed E-state index contributed by atoms with van der Waals surface area (Å²) >= 11 is 0. The zero-order chi connectivity index (χ0) is 22.0. The van der Waals surface area contributed by atoms with Crippen LogP contribution in [0.5, 0.6) is 0 Å². The van der Waals surface area contributed by atoms with E-state index >= 15 is 0 Å². The number of fused-ring (bicyclic) bond motifs is 2. The van der Waals surface area contributed by atoms with E-state index in [1.807, 2.05) is 18.2 Å². The molecule has 6 rings (SSSR count). The third kappa shape index (κ3) is 2.90. The van der Waals surface area contributed by atoms with E-state index in [9.17, 15) is 9.90 Å². The summed E-state index contributed by atoms with van der Waals surface area (Å²) in [5.41, 5.74) is 4.29. The molecule has 3 aromatic heterocycles. The second kappa shape index (κ2) is 7.06. The summed E-state index contributed by atoms with van der Waals surface area (Å²) in [6.07, 6.45) is 3.68. The largest absolute Gasteiger partial charge is 0.458 e. The van der Waals surface area contributed by atoms with Crippen LogP contribution in [0.1, 0.15) is 82.7 Å². The lowest BCUT2D eigenvalue weighted by Gasteiger charge is -2.33. The Morgan fingerprint density at radius 2 is 2.09 bits per heavy atom. The van der Waals surface area contributed by atoms with Gasteiger partial charge in [0.15, 0.2) is 0 Å². The zero-order valence-corrected chi connectivity index (χ0v) is 18.0. The molecule has 4 aromatic rings. The van der Waals surface area contributed by atoms with Crippen LogP contribution in [0.2, 0.25) is 0 Å². The first-order valence-corrected chi connectivity index (χ1v) is 11.0. The molecular weight excluding hydrogens is 408 g/mol. The van der Waals surface area contributed by atoms with Crippen LogP contribution in [0.15, 0.2) is 39.4 Å². The third-order valence-corrected chi connectivity index (χ3v) is 6.45. The molecule has 4 heterocycles. The van der Waals surface area contributed by atoms with Crippen molar-refractivity contribution in [1.29, 1.82) is 0 Å². The van der Waals surface area contributed by atoms with Crippen molar-refractivity contribution in [2.75, 3.05) is 6.54 Å². The smallest absolute Gasteiger partial charge is 0.292 e. The molecule has 2 N–H and O–H groups in total. The summed E-state index contributed by atoms with van der Waals surface area (Å²) in [4.78, 5) is 27.5. The number of H-pyrrole nitrogens is 1. The number of hydrogen-bond acceptors (Lipinski definition) is 6. The van der Waals surface area contributed by atoms with Gasteiger partial charge in [0.2, 0.25) is 11.7 Å². The van der Waals surface area contributed by atoms with Gasteiger partial charge in [-0.25, -0.2) is 9.97 Å². The molecule has 0 bridgehead atoms. The van der Waals surface area contributed by atoms with Crippen molar-refractivity contribution in [3.63, 3.8) is 0 Å². The summed E-state index contributed by atoms with van der Waals surface area (Å²) in [5.74, 6) is 1.23. The Kier molecular flexibility index (Phi) is 4.26. The number of furan rings is 1. The number of nitrogens with zero attached hydrogens (tertiary/aromatic N) is 3. The van der Waals surface area contributed by atoms with Gasteiger partial charge in [0.05, 0.1) is 17.7 Å². The van der Waals surface area contributed by atoms with Gasteiger partial charge < -0.3 is 23.8 Å². The molecular formula is C24H24N4O4. The predicted molar refractivity (Wildman–Crippen MR) is 115 cm³/mol. The number of aliphatic hydroxyl groups excluding tert-OH is 1. The van der Waals surface area contributed by atoms with Crippen LogP contribution in [0.25, 0.3) is 11.0 Å². The molecule has 1 saturated carbocycles. The molecule has 2 aliphatic rings. The number of aliphatic hydroxyl groups is 1. The van der Waals surface area contributed by atoms with Crippen molar-refractivity contribution in [1.82, 2.24) is 19.9 Å². The molecule has 1 aromatic carbocycles. The number of amides is 1. The molecule has 164 valence electrons. The van der Waals surface area contributed by atoms with Crippen molar-refractivity contribution in [2.45, 2.75) is 51.2 Å². The van der Waals surface area contributed by atoms with Crippen LogP contribution in [0.4, 0.5) is 0 Å². The second-order valence-corrected chi connectivity index (χ2v) is 8.71. The van der Waals surface area contributed by atoms with E-state index in [1.165, 1.54) is 5.56 Å². The number of carbonyl (C=O) groups excluding carboxylic acids is 1. The molecule has 1 fully saturated rings. The topological polar surface area (TPSA) is 108 Å². The van der Waals surface area contributed by atoms with Crippen LogP contribution in [-0.4, -0.2) is 37.4 Å². The molecule has 0 spiro atoms. The summed E-state index contributed by atoms with van der Waals surface area (Å²) in [6, 6.07) is 7.59. The predicted octanol–water partition coefficient (Wildman–Crippen LogP) is 4.17. The van der Waals surface area contributed by atoms with Crippen LogP contribution in [0.3, 0.4) is 0 Å². The van der Waals surface area contributed by atoms with Gasteiger partial charge in [0.1, 0.15) is 23.5 Å². The summed E-state index contributed by atoms with van der Waals surface area (Å²) in [6.45, 7) is 3.78. The first kappa shape index (κ1) is 19.3. The average Bonchev–Trinajstić information content (AvgIpc) is 3.21. The van der Waals surface area contributed by atoms with Gasteiger partial charge in [-0.15, -0.1) is 0 Å². The zero-order valence-electron chi connectivity index (χ0n) is 18.0. The van der Waals surface area contributed by atoms with E-state index in [1.54, 1.807) is 25.1 Å². The number of carbonyl (C=O) groups is 1. The molecule has 2 atom stereocenters. The van der Waals surface area contributed by atoms with Gasteiger partial charge in [-0.2, -0.15) is 0 Å². The van der Waals surface area contributed by atoms with Gasteiger partial charge in [0.25, 0.3) is 5.91 Å². The quantitative estimate of drug-likeness (QED) is 0.501. The molecule has 1 amide bonds. The Morgan fingerprint density at radius 1 is 1.28 bits per heavy atom. The fourth-order valence-electron chi connectivity index (χ4n) is 4.77. The fourth-order valence-corrected chi connectivity index (χ4v) is 4.77. The van der Waals surface area contributed by atoms with Crippen LogP contribution >= 0.6 is 0 Å². The molecule has 0 radical (unpaired) electrons. The molecule has 32 heavy (non-hydrogen) atoms. The van der Waals surface area contributed by atoms with E-state index in [0.717, 1.165) is 41.0 Å². The molecule has 0 unspecified atom stereocenters. The van der Waals surface area contributed by atoms with Crippen molar-refractivity contribution in [2.24, 2.45) is 0 Å². The number of rotatable bonds is 4. The standard InChI is InChI=1S/C24H24N4O4/c1-12-21(32-23(27-12)13(2)29)24(30)28-10-9-16-19(26-11-25-16)20(28)22-18(14-7-8-14)15-5-3-4-6-17(15)31-22/h3-6,11,13-14,20,29H,7-10H2,1-2H3,(H,25,26)/t13-,20+/m0/s1. The van der Waals surface area contributed by atoms with E-state index in [2.05, 4.69) is 21.0 Å². The molecule has 1 aliphatic carbocycles. The van der Waals surface area contributed by atoms with E-state index in [0.29, 0.717) is 24.6 Å². The molecule has 8 heteroatoms. The summed E-state index contributed by atoms with van der Waals surface area (Å²) < 4.78 is 12.1. The molecule has 1 aliphatic heterocycles. The third-order valence-electron chi connectivity index (χ3n) is 6.45. The lowest BCUT2D eigenvalue weighted by molar-refractivity contribution is 0.0629. The van der Waals surface area contributed by atoms with Gasteiger partial charge in [-0.1, -0.05) is 18.2 Å². The maximum atomic E-state index is 13.7. The number of imidazole rings is 1. The highest BCUT2D eigenvalue weighted by Gasteiger charge is 2.42. The van der Waals surface area contributed by atoms with Crippen LogP contribution < -0.4 is 0 Å². The van der Waals surface area contributed by atoms with Crippen molar-refractivity contribution < 1.29 is 18.7 Å². The summed E-state index contributed by atoms with van der Waals surface area (Å²) in [7, 11) is 0. The summed E-state index contributed by atoms with van der Waals surface area (Å²) in [5, 5.41) is 11.0. The highest BCUT2D eigenvalue weighted by Crippen LogP contribution is 2.50. The first-order valence-electron chi connectivity index (χ1n) is 11.0. The number of oxazole rings is 1. The highest BCUT2D eigenvalue weighted by molar-refractivity contribution is 5.93. The highest BCUT2D eigenvalue weighted by atomic mass is 16.4. The number of nitrogens with one attached hydrogen (secondary N) is 1. The van der Waals surface area contributed by atoms with Gasteiger partial charge in [0, 0.05) is 29.6 Å². The minimum atomic E-state index is -0.887. The Morgan fingerprint density at radius 3 is 2.84 bits per heavy atom. The van der Waals surface area contributed by atoms with Gasteiger partial charge >= 0.3 is 0 Å². The first-order chi connectivity index (χ1) is 15.5. The van der Waals surface area contributed by atoms with Gasteiger partial charge in [-0.05, 0) is 38.7 Å². The van der Waals surface area contributed by atoms with Crippen molar-refractivity contribution in [3.8, 4) is 0 Å². The minimum absolute atomic E-state index is 0.141. The monoisotopic (exact) mass is 432 g/mol. The number of hydrogen-bond donors (Lipinski definition) is 2.